The standard InChI is InChI=1S/C20H26.3C2H6/c1-4-11-18(5-2)12-9-7-8-10-13-20-16-14-19(6-3)15-17-20;3*1-2/h5-6,9,11-12,14-17H,2-4,7-8,10,13H2,1H3;3*1-2H3/b12-9+,18-11+;;;. The van der Waals surface area contributed by atoms with Crippen molar-refractivity contribution >= 4 is 6.08 Å². The van der Waals surface area contributed by atoms with Crippen molar-refractivity contribution in [2.45, 2.75) is 80.6 Å². The first kappa shape index (κ1) is 29.0. The van der Waals surface area contributed by atoms with Gasteiger partial charge < -0.3 is 0 Å². The summed E-state index contributed by atoms with van der Waals surface area (Å²) >= 11 is 0. The quantitative estimate of drug-likeness (QED) is 0.305. The van der Waals surface area contributed by atoms with Gasteiger partial charge in [0.05, 0.1) is 0 Å². The summed E-state index contributed by atoms with van der Waals surface area (Å²) in [5.41, 5.74) is 3.83. The van der Waals surface area contributed by atoms with Gasteiger partial charge >= 0.3 is 0 Å². The first-order valence-corrected chi connectivity index (χ1v) is 10.5. The fourth-order valence-electron chi connectivity index (χ4n) is 2.09. The molecule has 0 radical (unpaired) electrons. The molecule has 0 fully saturated rings. The smallest absolute Gasteiger partial charge is 0.0262 e. The summed E-state index contributed by atoms with van der Waals surface area (Å²) < 4.78 is 0. The zero-order chi connectivity index (χ0) is 20.6. The number of rotatable bonds is 9. The van der Waals surface area contributed by atoms with E-state index in [-0.39, 0.29) is 0 Å². The van der Waals surface area contributed by atoms with Gasteiger partial charge in [0.2, 0.25) is 0 Å². The van der Waals surface area contributed by atoms with Crippen molar-refractivity contribution < 1.29 is 0 Å². The number of unbranched alkanes of at least 4 members (excludes halogenated alkanes) is 2. The lowest BCUT2D eigenvalue weighted by Gasteiger charge is -2.01. The summed E-state index contributed by atoms with van der Waals surface area (Å²) in [6.07, 6.45) is 16.3. The van der Waals surface area contributed by atoms with Crippen LogP contribution in [0.3, 0.4) is 0 Å². The van der Waals surface area contributed by atoms with Crippen molar-refractivity contribution in [3.63, 3.8) is 0 Å². The van der Waals surface area contributed by atoms with Gasteiger partial charge in [0, 0.05) is 0 Å². The summed E-state index contributed by atoms with van der Waals surface area (Å²) in [4.78, 5) is 0. The van der Waals surface area contributed by atoms with Crippen LogP contribution in [0.4, 0.5) is 0 Å². The molecule has 0 spiro atoms. The molecule has 0 saturated carbocycles. The van der Waals surface area contributed by atoms with Crippen molar-refractivity contribution in [3.05, 3.63) is 78.4 Å². The fraction of sp³-hybridized carbons (Fsp3) is 0.462. The summed E-state index contributed by atoms with van der Waals surface area (Å²) in [5.74, 6) is 0. The molecule has 1 aromatic rings. The third-order valence-electron chi connectivity index (χ3n) is 3.29. The van der Waals surface area contributed by atoms with Gasteiger partial charge in [-0.15, -0.1) is 0 Å². The van der Waals surface area contributed by atoms with Gasteiger partial charge in [-0.25, -0.2) is 0 Å². The maximum atomic E-state index is 3.82. The molecular formula is C26H44. The van der Waals surface area contributed by atoms with Gasteiger partial charge in [0.25, 0.3) is 0 Å². The van der Waals surface area contributed by atoms with Crippen LogP contribution in [0.1, 0.15) is 85.3 Å². The lowest BCUT2D eigenvalue weighted by molar-refractivity contribution is 0.747. The molecule has 0 aliphatic carbocycles. The first-order chi connectivity index (χ1) is 12.8. The molecule has 0 heterocycles. The van der Waals surface area contributed by atoms with Gasteiger partial charge in [-0.1, -0.05) is 116 Å². The van der Waals surface area contributed by atoms with Crippen molar-refractivity contribution in [1.29, 1.82) is 0 Å². The van der Waals surface area contributed by atoms with Crippen LogP contribution in [0.15, 0.2) is 67.3 Å². The van der Waals surface area contributed by atoms with E-state index in [0.29, 0.717) is 0 Å². The minimum atomic E-state index is 1.06. The maximum absolute atomic E-state index is 3.82. The van der Waals surface area contributed by atoms with Gasteiger partial charge in [-0.3, -0.25) is 0 Å². The second-order valence-corrected chi connectivity index (χ2v) is 4.91. The van der Waals surface area contributed by atoms with E-state index in [9.17, 15) is 0 Å². The molecule has 0 aromatic heterocycles. The van der Waals surface area contributed by atoms with Crippen LogP contribution in [-0.4, -0.2) is 0 Å². The Kier molecular flexibility index (Phi) is 28.3. The number of allylic oxidation sites excluding steroid dienone is 5. The van der Waals surface area contributed by atoms with Gasteiger partial charge in [-0.2, -0.15) is 0 Å². The third kappa shape index (κ3) is 17.0. The highest BCUT2D eigenvalue weighted by molar-refractivity contribution is 5.47. The molecule has 1 aromatic carbocycles. The predicted octanol–water partition coefficient (Wildman–Crippen LogP) is 9.20. The van der Waals surface area contributed by atoms with Crippen LogP contribution in [-0.2, 0) is 6.42 Å². The molecule has 0 N–H and O–H groups in total. The molecule has 0 unspecified atom stereocenters. The normalized spacial score (nSPS) is 9.73. The van der Waals surface area contributed by atoms with Gasteiger partial charge in [0.15, 0.2) is 0 Å². The molecule has 1 rings (SSSR count). The van der Waals surface area contributed by atoms with Gasteiger partial charge in [0.1, 0.15) is 0 Å². The highest BCUT2D eigenvalue weighted by atomic mass is 14.0. The molecule has 0 nitrogen and oxygen atoms in total. The SMILES string of the molecule is C=CC(/C=C/CCCCc1ccc(C=C)cc1)=C\CC.CC.CC.CC. The highest BCUT2D eigenvalue weighted by Crippen LogP contribution is 2.10. The molecule has 0 aliphatic rings. The Labute approximate surface area is 165 Å². The summed E-state index contributed by atoms with van der Waals surface area (Å²) in [6, 6.07) is 8.67. The van der Waals surface area contributed by atoms with Crippen LogP contribution in [0.5, 0.6) is 0 Å². The maximum Gasteiger partial charge on any atom is -0.0262 e. The number of benzene rings is 1. The second-order valence-electron chi connectivity index (χ2n) is 4.91. The van der Waals surface area contributed by atoms with Crippen molar-refractivity contribution in [3.8, 4) is 0 Å². The Balaban J connectivity index is -0.000000795. The van der Waals surface area contributed by atoms with E-state index in [1.54, 1.807) is 0 Å². The molecule has 0 bridgehead atoms. The van der Waals surface area contributed by atoms with Crippen LogP contribution in [0, 0.1) is 0 Å². The molecule has 0 aliphatic heterocycles. The lowest BCUT2D eigenvalue weighted by Crippen LogP contribution is -1.85. The minimum Gasteiger partial charge on any atom is -0.0985 e. The fourth-order valence-corrected chi connectivity index (χ4v) is 2.09. The lowest BCUT2D eigenvalue weighted by atomic mass is 10.0. The molecule has 0 saturated heterocycles. The monoisotopic (exact) mass is 356 g/mol. The molecule has 148 valence electrons. The summed E-state index contributed by atoms with van der Waals surface area (Å²) in [5, 5.41) is 0. The Morgan fingerprint density at radius 3 is 1.92 bits per heavy atom. The number of aryl methyl sites for hydroxylation is 1. The summed E-state index contributed by atoms with van der Waals surface area (Å²) in [7, 11) is 0. The van der Waals surface area contributed by atoms with E-state index in [1.807, 2.05) is 53.7 Å². The number of hydrogen-bond acceptors (Lipinski definition) is 0. The van der Waals surface area contributed by atoms with E-state index in [2.05, 4.69) is 62.6 Å². The Morgan fingerprint density at radius 1 is 0.885 bits per heavy atom. The molecule has 0 atom stereocenters. The molecule has 26 heavy (non-hydrogen) atoms. The van der Waals surface area contributed by atoms with E-state index < -0.39 is 0 Å². The van der Waals surface area contributed by atoms with Crippen molar-refractivity contribution in [2.24, 2.45) is 0 Å². The Hall–Kier alpha value is -1.82. The van der Waals surface area contributed by atoms with Crippen LogP contribution < -0.4 is 0 Å². The van der Waals surface area contributed by atoms with Gasteiger partial charge in [-0.05, 0) is 48.8 Å². The largest absolute Gasteiger partial charge is 0.0985 e. The van der Waals surface area contributed by atoms with E-state index in [4.69, 9.17) is 0 Å². The molecule has 0 heteroatoms. The number of hydrogen-bond donors (Lipinski definition) is 0. The van der Waals surface area contributed by atoms with Crippen molar-refractivity contribution in [2.75, 3.05) is 0 Å². The van der Waals surface area contributed by atoms with E-state index in [0.717, 1.165) is 19.3 Å². The first-order valence-electron chi connectivity index (χ1n) is 10.5. The van der Waals surface area contributed by atoms with Crippen LogP contribution in [0.2, 0.25) is 0 Å². The zero-order valence-electron chi connectivity index (χ0n) is 18.6. The van der Waals surface area contributed by atoms with Crippen LogP contribution >= 0.6 is 0 Å². The molecular weight excluding hydrogens is 312 g/mol. The van der Waals surface area contributed by atoms with Crippen molar-refractivity contribution in [1.82, 2.24) is 0 Å². The Morgan fingerprint density at radius 2 is 1.46 bits per heavy atom. The average Bonchev–Trinajstić information content (AvgIpc) is 2.74. The highest BCUT2D eigenvalue weighted by Gasteiger charge is 1.93. The summed E-state index contributed by atoms with van der Waals surface area (Å²) in [6.45, 7) is 21.7. The third-order valence-corrected chi connectivity index (χ3v) is 3.29. The average molecular weight is 357 g/mol. The van der Waals surface area contributed by atoms with Crippen LogP contribution in [0.25, 0.3) is 6.08 Å². The predicted molar refractivity (Wildman–Crippen MR) is 126 cm³/mol. The Bertz CT molecular complexity index is 457. The van der Waals surface area contributed by atoms with E-state index >= 15 is 0 Å². The molecule has 0 amide bonds. The second kappa shape index (κ2) is 25.4. The zero-order valence-corrected chi connectivity index (χ0v) is 18.6. The minimum absolute atomic E-state index is 1.06. The van der Waals surface area contributed by atoms with E-state index in [1.165, 1.54) is 29.5 Å². The topological polar surface area (TPSA) is 0 Å².